The lowest BCUT2D eigenvalue weighted by molar-refractivity contribution is 0.631. The Hall–Kier alpha value is -1.64. The summed E-state index contributed by atoms with van der Waals surface area (Å²) in [5.74, 6) is -0.379. The van der Waals surface area contributed by atoms with E-state index in [-0.39, 0.29) is 11.4 Å². The van der Waals surface area contributed by atoms with Crippen LogP contribution in [0.25, 0.3) is 5.52 Å². The molecular weight excluding hydrogens is 157 g/mol. The number of aromatic nitrogens is 1. The smallest absolute Gasteiger partial charge is 0.255 e. The van der Waals surface area contributed by atoms with Crippen LogP contribution in [-0.4, -0.2) is 4.40 Å². The second-order valence-corrected chi connectivity index (χ2v) is 2.48. The van der Waals surface area contributed by atoms with Crippen LogP contribution in [0.4, 0.5) is 4.39 Å². The van der Waals surface area contributed by atoms with E-state index in [9.17, 15) is 9.18 Å². The fraction of sp³-hybridized carbons (Fsp3) is 0. The number of nitrogens with zero attached hydrogens (tertiary/aromatic N) is 1. The molecule has 3 heteroatoms. The summed E-state index contributed by atoms with van der Waals surface area (Å²) >= 11 is 0. The molecule has 0 saturated carbocycles. The van der Waals surface area contributed by atoms with Gasteiger partial charge in [-0.25, -0.2) is 4.39 Å². The molecule has 0 atom stereocenters. The maximum Gasteiger partial charge on any atom is 0.255 e. The van der Waals surface area contributed by atoms with Crippen molar-refractivity contribution < 1.29 is 4.39 Å². The van der Waals surface area contributed by atoms with Crippen LogP contribution in [0.2, 0.25) is 0 Å². The molecule has 0 N–H and O–H groups in total. The third-order valence-electron chi connectivity index (χ3n) is 1.71. The molecule has 0 bridgehead atoms. The second kappa shape index (κ2) is 2.44. The quantitative estimate of drug-likeness (QED) is 0.575. The lowest BCUT2D eigenvalue weighted by Crippen LogP contribution is -2.11. The average Bonchev–Trinajstić information content (AvgIpc) is 2.07. The van der Waals surface area contributed by atoms with Crippen molar-refractivity contribution in [1.29, 1.82) is 0 Å². The molecule has 0 radical (unpaired) electrons. The first-order chi connectivity index (χ1) is 5.79. The monoisotopic (exact) mass is 163 g/mol. The summed E-state index contributed by atoms with van der Waals surface area (Å²) in [5, 5.41) is 0. The summed E-state index contributed by atoms with van der Waals surface area (Å²) in [7, 11) is 0. The van der Waals surface area contributed by atoms with E-state index in [1.54, 1.807) is 18.3 Å². The van der Waals surface area contributed by atoms with E-state index in [1.165, 1.54) is 22.6 Å². The van der Waals surface area contributed by atoms with Gasteiger partial charge in [0.05, 0.1) is 5.52 Å². The van der Waals surface area contributed by atoms with Gasteiger partial charge in [-0.1, -0.05) is 6.07 Å². The summed E-state index contributed by atoms with van der Waals surface area (Å²) in [6, 6.07) is 7.34. The SMILES string of the molecule is O=c1cccc2c(F)cccn12. The predicted octanol–water partition coefficient (Wildman–Crippen LogP) is 1.44. The zero-order valence-corrected chi connectivity index (χ0v) is 6.20. The van der Waals surface area contributed by atoms with Gasteiger partial charge in [0, 0.05) is 12.3 Å². The van der Waals surface area contributed by atoms with Crippen LogP contribution >= 0.6 is 0 Å². The summed E-state index contributed by atoms with van der Waals surface area (Å²) in [6.07, 6.45) is 1.54. The minimum absolute atomic E-state index is 0.216. The van der Waals surface area contributed by atoms with E-state index in [0.29, 0.717) is 5.52 Å². The Bertz CT molecular complexity index is 475. The molecule has 0 aromatic carbocycles. The third kappa shape index (κ3) is 0.906. The van der Waals surface area contributed by atoms with Crippen LogP contribution in [0.3, 0.4) is 0 Å². The second-order valence-electron chi connectivity index (χ2n) is 2.48. The third-order valence-corrected chi connectivity index (χ3v) is 1.71. The topological polar surface area (TPSA) is 21.5 Å². The van der Waals surface area contributed by atoms with Gasteiger partial charge in [0.1, 0.15) is 5.82 Å². The molecular formula is C9H6FNO. The summed E-state index contributed by atoms with van der Waals surface area (Å²) in [4.78, 5) is 11.1. The number of halogens is 1. The van der Waals surface area contributed by atoms with Gasteiger partial charge < -0.3 is 0 Å². The number of pyridine rings is 2. The average molecular weight is 163 g/mol. The van der Waals surface area contributed by atoms with E-state index in [1.807, 2.05) is 0 Å². The predicted molar refractivity (Wildman–Crippen MR) is 43.6 cm³/mol. The molecule has 0 saturated heterocycles. The van der Waals surface area contributed by atoms with Gasteiger partial charge in [-0.3, -0.25) is 9.20 Å². The summed E-state index contributed by atoms with van der Waals surface area (Å²) in [5.41, 5.74) is 0.0944. The molecule has 0 aliphatic carbocycles. The Labute approximate surface area is 67.9 Å². The van der Waals surface area contributed by atoms with Crippen molar-refractivity contribution in [2.75, 3.05) is 0 Å². The molecule has 2 rings (SSSR count). The lowest BCUT2D eigenvalue weighted by Gasteiger charge is -1.98. The fourth-order valence-corrected chi connectivity index (χ4v) is 1.15. The highest BCUT2D eigenvalue weighted by Crippen LogP contribution is 2.04. The van der Waals surface area contributed by atoms with Crippen molar-refractivity contribution in [1.82, 2.24) is 4.40 Å². The Balaban J connectivity index is 3.05. The molecule has 0 aliphatic heterocycles. The zero-order chi connectivity index (χ0) is 8.55. The van der Waals surface area contributed by atoms with Crippen LogP contribution in [0.15, 0.2) is 41.3 Å². The molecule has 12 heavy (non-hydrogen) atoms. The normalized spacial score (nSPS) is 10.4. The van der Waals surface area contributed by atoms with Crippen molar-refractivity contribution in [2.24, 2.45) is 0 Å². The van der Waals surface area contributed by atoms with Gasteiger partial charge in [0.2, 0.25) is 0 Å². The van der Waals surface area contributed by atoms with Gasteiger partial charge in [0.25, 0.3) is 5.56 Å². The van der Waals surface area contributed by atoms with Crippen molar-refractivity contribution in [3.63, 3.8) is 0 Å². The summed E-state index contributed by atoms with van der Waals surface area (Å²) < 4.78 is 14.3. The minimum Gasteiger partial charge on any atom is -0.281 e. The Morgan fingerprint density at radius 1 is 1.17 bits per heavy atom. The van der Waals surface area contributed by atoms with E-state index < -0.39 is 0 Å². The van der Waals surface area contributed by atoms with Gasteiger partial charge >= 0.3 is 0 Å². The van der Waals surface area contributed by atoms with Crippen molar-refractivity contribution in [3.05, 3.63) is 52.7 Å². The highest BCUT2D eigenvalue weighted by molar-refractivity contribution is 5.47. The molecule has 2 nitrogen and oxygen atoms in total. The largest absolute Gasteiger partial charge is 0.281 e. The Kier molecular flexibility index (Phi) is 1.43. The number of fused-ring (bicyclic) bond motifs is 1. The van der Waals surface area contributed by atoms with Crippen LogP contribution in [0.5, 0.6) is 0 Å². The molecule has 0 spiro atoms. The molecule has 60 valence electrons. The Morgan fingerprint density at radius 2 is 2.00 bits per heavy atom. The first-order valence-corrected chi connectivity index (χ1v) is 3.55. The van der Waals surface area contributed by atoms with Crippen molar-refractivity contribution >= 4 is 5.52 Å². The van der Waals surface area contributed by atoms with E-state index in [2.05, 4.69) is 0 Å². The zero-order valence-electron chi connectivity index (χ0n) is 6.20. The van der Waals surface area contributed by atoms with Crippen LogP contribution < -0.4 is 5.56 Å². The first-order valence-electron chi connectivity index (χ1n) is 3.55. The number of hydrogen-bond donors (Lipinski definition) is 0. The lowest BCUT2D eigenvalue weighted by atomic mass is 10.3. The molecule has 0 unspecified atom stereocenters. The maximum atomic E-state index is 13.0. The number of rotatable bonds is 0. The molecule has 2 heterocycles. The van der Waals surface area contributed by atoms with Crippen LogP contribution in [0.1, 0.15) is 0 Å². The fourth-order valence-electron chi connectivity index (χ4n) is 1.15. The Morgan fingerprint density at radius 3 is 2.75 bits per heavy atom. The van der Waals surface area contributed by atoms with E-state index in [4.69, 9.17) is 0 Å². The van der Waals surface area contributed by atoms with Gasteiger partial charge in [-0.15, -0.1) is 0 Å². The first kappa shape index (κ1) is 7.03. The molecule has 0 aliphatic rings. The molecule has 2 aromatic rings. The van der Waals surface area contributed by atoms with E-state index >= 15 is 0 Å². The molecule has 0 fully saturated rings. The maximum absolute atomic E-state index is 13.0. The van der Waals surface area contributed by atoms with Gasteiger partial charge in [-0.2, -0.15) is 0 Å². The van der Waals surface area contributed by atoms with Crippen molar-refractivity contribution in [3.8, 4) is 0 Å². The molecule has 0 amide bonds. The van der Waals surface area contributed by atoms with E-state index in [0.717, 1.165) is 0 Å². The van der Waals surface area contributed by atoms with Gasteiger partial charge in [-0.05, 0) is 18.2 Å². The highest BCUT2D eigenvalue weighted by atomic mass is 19.1. The summed E-state index contributed by atoms with van der Waals surface area (Å²) in [6.45, 7) is 0. The standard InChI is InChI=1S/C9H6FNO/c10-7-3-2-6-11-8(7)4-1-5-9(11)12/h1-6H. The van der Waals surface area contributed by atoms with Crippen LogP contribution in [-0.2, 0) is 0 Å². The van der Waals surface area contributed by atoms with Crippen LogP contribution in [0, 0.1) is 5.82 Å². The number of hydrogen-bond acceptors (Lipinski definition) is 1. The highest BCUT2D eigenvalue weighted by Gasteiger charge is 1.98. The minimum atomic E-state index is -0.379. The van der Waals surface area contributed by atoms with Gasteiger partial charge in [0.15, 0.2) is 0 Å². The molecule has 2 aromatic heterocycles. The van der Waals surface area contributed by atoms with Crippen molar-refractivity contribution in [2.45, 2.75) is 0 Å².